The number of ether oxygens (including phenoxy) is 1. The number of rotatable bonds is 6. The normalized spacial score (nSPS) is 10.7. The Hall–Kier alpha value is -1.37. The molecule has 2 nitrogen and oxygen atoms in total. The van der Waals surface area contributed by atoms with Gasteiger partial charge in [0, 0.05) is 32.3 Å². The Labute approximate surface area is 183 Å². The van der Waals surface area contributed by atoms with Crippen molar-refractivity contribution in [3.05, 3.63) is 90.5 Å². The van der Waals surface area contributed by atoms with Gasteiger partial charge >= 0.3 is 0 Å². The summed E-state index contributed by atoms with van der Waals surface area (Å²) in [5.74, 6) is 0.430. The highest BCUT2D eigenvalue weighted by Gasteiger charge is 2.12. The lowest BCUT2D eigenvalue weighted by atomic mass is 10.1. The zero-order valence-electron chi connectivity index (χ0n) is 14.5. The predicted molar refractivity (Wildman–Crippen MR) is 119 cm³/mol. The smallest absolute Gasteiger partial charge is 0.139 e. The monoisotopic (exact) mass is 555 g/mol. The number of hydrogen-bond donors (Lipinski definition) is 1. The first-order chi connectivity index (χ1) is 12.9. The Morgan fingerprint density at radius 2 is 1.70 bits per heavy atom. The molecular formula is C21H17Br3FNO. The lowest BCUT2D eigenvalue weighted by Crippen LogP contribution is -2.06. The summed E-state index contributed by atoms with van der Waals surface area (Å²) in [4.78, 5) is 0. The van der Waals surface area contributed by atoms with E-state index in [-0.39, 0.29) is 12.4 Å². The molecular weight excluding hydrogens is 541 g/mol. The van der Waals surface area contributed by atoms with Crippen molar-refractivity contribution in [3.8, 4) is 5.75 Å². The van der Waals surface area contributed by atoms with E-state index in [1.54, 1.807) is 18.2 Å². The molecule has 0 aliphatic heterocycles. The van der Waals surface area contributed by atoms with Crippen molar-refractivity contribution in [2.75, 3.05) is 5.32 Å². The number of anilines is 1. The van der Waals surface area contributed by atoms with Crippen LogP contribution in [-0.4, -0.2) is 0 Å². The third-order valence-electron chi connectivity index (χ3n) is 4.07. The molecule has 6 heteroatoms. The third kappa shape index (κ3) is 5.33. The minimum atomic E-state index is -0.268. The predicted octanol–water partition coefficient (Wildman–Crippen LogP) is 7.61. The molecule has 0 unspecified atom stereocenters. The van der Waals surface area contributed by atoms with Gasteiger partial charge in [0.15, 0.2) is 0 Å². The Morgan fingerprint density at radius 3 is 2.44 bits per heavy atom. The number of aryl methyl sites for hydroxylation is 1. The molecule has 3 aromatic carbocycles. The van der Waals surface area contributed by atoms with E-state index in [9.17, 15) is 4.39 Å². The average Bonchev–Trinajstić information content (AvgIpc) is 2.61. The van der Waals surface area contributed by atoms with Gasteiger partial charge in [-0.3, -0.25) is 0 Å². The average molecular weight is 558 g/mol. The maximum absolute atomic E-state index is 13.9. The quantitative estimate of drug-likeness (QED) is 0.337. The van der Waals surface area contributed by atoms with E-state index in [2.05, 4.69) is 66.1 Å². The molecule has 0 saturated carbocycles. The molecule has 0 fully saturated rings. The second-order valence-corrected chi connectivity index (χ2v) is 8.75. The molecule has 27 heavy (non-hydrogen) atoms. The molecule has 0 amide bonds. The fraction of sp³-hybridized carbons (Fsp3) is 0.143. The second-order valence-electron chi connectivity index (χ2n) is 6.07. The molecule has 0 spiro atoms. The van der Waals surface area contributed by atoms with Crippen LogP contribution in [0.1, 0.15) is 16.7 Å². The van der Waals surface area contributed by atoms with Crippen LogP contribution in [-0.2, 0) is 13.2 Å². The van der Waals surface area contributed by atoms with E-state index in [1.807, 2.05) is 24.3 Å². The van der Waals surface area contributed by atoms with Gasteiger partial charge < -0.3 is 10.1 Å². The van der Waals surface area contributed by atoms with E-state index < -0.39 is 0 Å². The fourth-order valence-corrected chi connectivity index (χ4v) is 4.59. The van der Waals surface area contributed by atoms with Crippen molar-refractivity contribution in [2.45, 2.75) is 20.1 Å². The van der Waals surface area contributed by atoms with E-state index >= 15 is 0 Å². The third-order valence-corrected chi connectivity index (χ3v) is 5.61. The summed E-state index contributed by atoms with van der Waals surface area (Å²) in [6.45, 7) is 2.80. The van der Waals surface area contributed by atoms with Crippen molar-refractivity contribution in [1.29, 1.82) is 0 Å². The second kappa shape index (κ2) is 9.22. The van der Waals surface area contributed by atoms with Crippen LogP contribution in [0, 0.1) is 12.7 Å². The van der Waals surface area contributed by atoms with Gasteiger partial charge in [0.05, 0.1) is 4.47 Å². The maximum Gasteiger partial charge on any atom is 0.139 e. The Morgan fingerprint density at radius 1 is 0.926 bits per heavy atom. The van der Waals surface area contributed by atoms with E-state index in [0.29, 0.717) is 17.9 Å². The molecule has 0 radical (unpaired) electrons. The molecule has 0 aliphatic carbocycles. The molecule has 3 aromatic rings. The van der Waals surface area contributed by atoms with Crippen LogP contribution in [0.4, 0.5) is 10.1 Å². The van der Waals surface area contributed by atoms with E-state index in [1.165, 1.54) is 6.07 Å². The first-order valence-corrected chi connectivity index (χ1v) is 10.7. The van der Waals surface area contributed by atoms with Crippen LogP contribution in [0.2, 0.25) is 0 Å². The maximum atomic E-state index is 13.9. The largest absolute Gasteiger partial charge is 0.487 e. The van der Waals surface area contributed by atoms with Gasteiger partial charge in [0.25, 0.3) is 0 Å². The van der Waals surface area contributed by atoms with Crippen molar-refractivity contribution in [3.63, 3.8) is 0 Å². The SMILES string of the molecule is Cc1cc(Br)ccc1NCc1cc(Br)cc(Br)c1OCc1ccccc1F. The van der Waals surface area contributed by atoms with E-state index in [0.717, 1.165) is 30.2 Å². The van der Waals surface area contributed by atoms with E-state index in [4.69, 9.17) is 4.74 Å². The van der Waals surface area contributed by atoms with Gasteiger partial charge in [0.2, 0.25) is 0 Å². The summed E-state index contributed by atoms with van der Waals surface area (Å²) in [5, 5.41) is 3.44. The highest BCUT2D eigenvalue weighted by molar-refractivity contribution is 9.11. The van der Waals surface area contributed by atoms with Crippen molar-refractivity contribution < 1.29 is 9.13 Å². The molecule has 0 aliphatic rings. The van der Waals surface area contributed by atoms with Crippen molar-refractivity contribution in [2.24, 2.45) is 0 Å². The lowest BCUT2D eigenvalue weighted by Gasteiger charge is -2.16. The molecule has 0 saturated heterocycles. The fourth-order valence-electron chi connectivity index (χ4n) is 2.69. The van der Waals surface area contributed by atoms with Crippen LogP contribution in [0.3, 0.4) is 0 Å². The van der Waals surface area contributed by atoms with Gasteiger partial charge in [-0.2, -0.15) is 0 Å². The standard InChI is InChI=1S/C21H17Br3FNO/c1-13-8-16(22)6-7-20(13)26-11-15-9-17(23)10-18(24)21(15)27-12-14-4-2-3-5-19(14)25/h2-10,26H,11-12H2,1H3. The van der Waals surface area contributed by atoms with Crippen LogP contribution in [0.15, 0.2) is 68.0 Å². The zero-order chi connectivity index (χ0) is 19.4. The summed E-state index contributed by atoms with van der Waals surface area (Å²) < 4.78 is 22.7. The van der Waals surface area contributed by atoms with Crippen molar-refractivity contribution >= 4 is 53.5 Å². The van der Waals surface area contributed by atoms with Gasteiger partial charge in [-0.05, 0) is 64.8 Å². The molecule has 140 valence electrons. The Kier molecular flexibility index (Phi) is 6.95. The number of hydrogen-bond acceptors (Lipinski definition) is 2. The van der Waals surface area contributed by atoms with Gasteiger partial charge in [0.1, 0.15) is 18.2 Å². The highest BCUT2D eigenvalue weighted by Crippen LogP contribution is 2.34. The summed E-state index contributed by atoms with van der Waals surface area (Å²) in [5.41, 5.74) is 3.69. The molecule has 0 aromatic heterocycles. The number of nitrogens with one attached hydrogen (secondary N) is 1. The molecule has 3 rings (SSSR count). The first kappa shape index (κ1) is 20.4. The molecule has 1 N–H and O–H groups in total. The van der Waals surface area contributed by atoms with Gasteiger partial charge in [-0.1, -0.05) is 50.1 Å². The zero-order valence-corrected chi connectivity index (χ0v) is 19.3. The topological polar surface area (TPSA) is 21.3 Å². The summed E-state index contributed by atoms with van der Waals surface area (Å²) in [6.07, 6.45) is 0. The number of benzene rings is 3. The first-order valence-electron chi connectivity index (χ1n) is 8.28. The van der Waals surface area contributed by atoms with Crippen LogP contribution in [0.25, 0.3) is 0 Å². The van der Waals surface area contributed by atoms with Crippen LogP contribution < -0.4 is 10.1 Å². The Bertz CT molecular complexity index is 962. The lowest BCUT2D eigenvalue weighted by molar-refractivity contribution is 0.295. The minimum Gasteiger partial charge on any atom is -0.487 e. The minimum absolute atomic E-state index is 0.164. The summed E-state index contributed by atoms with van der Waals surface area (Å²) >= 11 is 10.6. The van der Waals surface area contributed by atoms with Crippen LogP contribution >= 0.6 is 47.8 Å². The Balaban J connectivity index is 1.81. The number of halogens is 4. The molecule has 0 atom stereocenters. The highest BCUT2D eigenvalue weighted by atomic mass is 79.9. The molecule has 0 bridgehead atoms. The van der Waals surface area contributed by atoms with Crippen molar-refractivity contribution in [1.82, 2.24) is 0 Å². The van der Waals surface area contributed by atoms with Crippen LogP contribution in [0.5, 0.6) is 5.75 Å². The summed E-state index contributed by atoms with van der Waals surface area (Å²) in [6, 6.07) is 16.7. The van der Waals surface area contributed by atoms with Gasteiger partial charge in [-0.25, -0.2) is 4.39 Å². The summed E-state index contributed by atoms with van der Waals surface area (Å²) in [7, 11) is 0. The van der Waals surface area contributed by atoms with Gasteiger partial charge in [-0.15, -0.1) is 0 Å². The molecule has 0 heterocycles.